The average Bonchev–Trinajstić information content (AvgIpc) is 3.19. The Bertz CT molecular complexity index is 1050. The number of H-pyrrole nitrogens is 1. The Labute approximate surface area is 190 Å². The molecule has 0 aliphatic heterocycles. The van der Waals surface area contributed by atoms with Crippen molar-refractivity contribution in [3.05, 3.63) is 51.9 Å². The molecule has 2 N–H and O–H groups in total. The second-order valence-electron chi connectivity index (χ2n) is 7.77. The summed E-state index contributed by atoms with van der Waals surface area (Å²) in [5.74, 6) is 1.56. The molecule has 0 saturated carbocycles. The predicted octanol–water partition coefficient (Wildman–Crippen LogP) is 4.45. The zero-order valence-electron chi connectivity index (χ0n) is 18.1. The van der Waals surface area contributed by atoms with Crippen molar-refractivity contribution in [2.45, 2.75) is 38.2 Å². The molecule has 3 aromatic rings. The molecular weight excluding hydrogens is 430 g/mol. The van der Waals surface area contributed by atoms with Gasteiger partial charge in [0.1, 0.15) is 10.7 Å². The molecule has 1 aromatic carbocycles. The number of benzene rings is 1. The molecule has 2 aromatic heterocycles. The van der Waals surface area contributed by atoms with E-state index in [1.807, 2.05) is 42.6 Å². The van der Waals surface area contributed by atoms with E-state index in [1.54, 1.807) is 0 Å². The first-order valence-corrected chi connectivity index (χ1v) is 12.4. The summed E-state index contributed by atoms with van der Waals surface area (Å²) in [4.78, 5) is 33.2. The minimum Gasteiger partial charge on any atom is -0.381 e. The van der Waals surface area contributed by atoms with E-state index in [0.717, 1.165) is 29.0 Å². The summed E-state index contributed by atoms with van der Waals surface area (Å²) in [7, 11) is 0. The van der Waals surface area contributed by atoms with E-state index in [-0.39, 0.29) is 16.7 Å². The zero-order chi connectivity index (χ0) is 22.2. The number of nitrogens with zero attached hydrogens (tertiary/aromatic N) is 1. The molecule has 0 bridgehead atoms. The van der Waals surface area contributed by atoms with Crippen LogP contribution in [0, 0.1) is 5.92 Å². The largest absolute Gasteiger partial charge is 0.381 e. The average molecular weight is 460 g/mol. The first-order valence-electron chi connectivity index (χ1n) is 10.5. The maximum Gasteiger partial charge on any atom is 0.260 e. The van der Waals surface area contributed by atoms with Gasteiger partial charge in [0.25, 0.3) is 5.56 Å². The predicted molar refractivity (Wildman–Crippen MR) is 130 cm³/mol. The topological polar surface area (TPSA) is 84.1 Å². The van der Waals surface area contributed by atoms with Crippen LogP contribution in [0.2, 0.25) is 0 Å². The molecule has 0 saturated heterocycles. The Kier molecular flexibility index (Phi) is 8.69. The Morgan fingerprint density at radius 2 is 2.03 bits per heavy atom. The molecule has 6 nitrogen and oxygen atoms in total. The lowest BCUT2D eigenvalue weighted by Crippen LogP contribution is -2.32. The lowest BCUT2D eigenvalue weighted by Gasteiger charge is -2.12. The highest BCUT2D eigenvalue weighted by molar-refractivity contribution is 7.99. The number of rotatable bonds is 11. The molecule has 2 heterocycles. The van der Waals surface area contributed by atoms with Gasteiger partial charge in [-0.25, -0.2) is 4.98 Å². The van der Waals surface area contributed by atoms with Gasteiger partial charge in [-0.1, -0.05) is 44.2 Å². The van der Waals surface area contributed by atoms with Gasteiger partial charge in [0, 0.05) is 30.7 Å². The minimum absolute atomic E-state index is 0.0141. The van der Waals surface area contributed by atoms with E-state index in [9.17, 15) is 9.59 Å². The highest BCUT2D eigenvalue weighted by Gasteiger charge is 2.16. The molecule has 0 aliphatic rings. The quantitative estimate of drug-likeness (QED) is 0.414. The van der Waals surface area contributed by atoms with E-state index in [1.165, 1.54) is 23.1 Å². The minimum atomic E-state index is -0.235. The maximum atomic E-state index is 12.7. The summed E-state index contributed by atoms with van der Waals surface area (Å²) in [5.41, 5.74) is 1.76. The third-order valence-corrected chi connectivity index (χ3v) is 6.66. The number of aromatic amines is 1. The molecule has 0 aliphatic carbocycles. The number of ether oxygens (including phenoxy) is 1. The van der Waals surface area contributed by atoms with E-state index in [2.05, 4.69) is 29.1 Å². The van der Waals surface area contributed by atoms with Gasteiger partial charge in [-0.3, -0.25) is 9.59 Å². The van der Waals surface area contributed by atoms with Crippen molar-refractivity contribution in [3.63, 3.8) is 0 Å². The SMILES string of the molecule is CC(C)COCCCNC(=O)C(C)SCc1nc2scc(-c3ccccc3)c2c(=O)[nH]1. The molecule has 8 heteroatoms. The lowest BCUT2D eigenvalue weighted by atomic mass is 10.1. The van der Waals surface area contributed by atoms with Gasteiger partial charge in [-0.05, 0) is 24.8 Å². The lowest BCUT2D eigenvalue weighted by molar-refractivity contribution is -0.120. The van der Waals surface area contributed by atoms with Crippen molar-refractivity contribution in [2.75, 3.05) is 19.8 Å². The fourth-order valence-corrected chi connectivity index (χ4v) is 4.77. The van der Waals surface area contributed by atoms with Crippen LogP contribution in [0.1, 0.15) is 33.0 Å². The monoisotopic (exact) mass is 459 g/mol. The van der Waals surface area contributed by atoms with Gasteiger partial charge in [0.2, 0.25) is 5.91 Å². The van der Waals surface area contributed by atoms with Crippen molar-refractivity contribution < 1.29 is 9.53 Å². The second-order valence-corrected chi connectivity index (χ2v) is 9.96. The Hall–Kier alpha value is -2.16. The second kappa shape index (κ2) is 11.5. The van der Waals surface area contributed by atoms with E-state index in [4.69, 9.17) is 4.74 Å². The molecular formula is C23H29N3O3S2. The first kappa shape index (κ1) is 23.5. The van der Waals surface area contributed by atoms with Gasteiger partial charge >= 0.3 is 0 Å². The highest BCUT2D eigenvalue weighted by Crippen LogP contribution is 2.30. The number of amides is 1. The number of fused-ring (bicyclic) bond motifs is 1. The van der Waals surface area contributed by atoms with Crippen molar-refractivity contribution >= 4 is 39.2 Å². The van der Waals surface area contributed by atoms with Gasteiger partial charge < -0.3 is 15.0 Å². The number of nitrogens with one attached hydrogen (secondary N) is 2. The van der Waals surface area contributed by atoms with Gasteiger partial charge in [-0.2, -0.15) is 0 Å². The number of hydrogen-bond donors (Lipinski definition) is 2. The van der Waals surface area contributed by atoms with Gasteiger partial charge in [0.05, 0.1) is 16.4 Å². The third-order valence-electron chi connectivity index (χ3n) is 4.63. The van der Waals surface area contributed by atoms with Crippen LogP contribution in [0.5, 0.6) is 0 Å². The smallest absolute Gasteiger partial charge is 0.260 e. The molecule has 1 amide bonds. The van der Waals surface area contributed by atoms with Crippen LogP contribution in [0.3, 0.4) is 0 Å². The molecule has 0 spiro atoms. The number of aromatic nitrogens is 2. The fraction of sp³-hybridized carbons (Fsp3) is 0.435. The van der Waals surface area contributed by atoms with E-state index >= 15 is 0 Å². The van der Waals surface area contributed by atoms with Crippen molar-refractivity contribution in [1.29, 1.82) is 0 Å². The number of thiophene rings is 1. The Balaban J connectivity index is 1.53. The third kappa shape index (κ3) is 6.66. The molecule has 0 fully saturated rings. The van der Waals surface area contributed by atoms with Crippen LogP contribution in [0.4, 0.5) is 0 Å². The summed E-state index contributed by atoms with van der Waals surface area (Å²) in [6.45, 7) is 8.08. The summed E-state index contributed by atoms with van der Waals surface area (Å²) < 4.78 is 5.52. The molecule has 31 heavy (non-hydrogen) atoms. The summed E-state index contributed by atoms with van der Waals surface area (Å²) in [6, 6.07) is 9.84. The summed E-state index contributed by atoms with van der Waals surface area (Å²) >= 11 is 2.92. The van der Waals surface area contributed by atoms with Crippen LogP contribution in [0.15, 0.2) is 40.5 Å². The van der Waals surface area contributed by atoms with Crippen molar-refractivity contribution in [1.82, 2.24) is 15.3 Å². The standard InChI is InChI=1S/C23H29N3O3S2/c1-15(2)12-29-11-7-10-24-21(27)16(3)30-14-19-25-22(28)20-18(13-31-23(20)26-19)17-8-5-4-6-9-17/h4-6,8-9,13,15-16H,7,10-12,14H2,1-3H3,(H,24,27)(H,25,26,28). The summed E-state index contributed by atoms with van der Waals surface area (Å²) in [6.07, 6.45) is 0.795. The van der Waals surface area contributed by atoms with Crippen molar-refractivity contribution in [3.8, 4) is 11.1 Å². The molecule has 3 rings (SSSR count). The van der Waals surface area contributed by atoms with E-state index in [0.29, 0.717) is 36.0 Å². The van der Waals surface area contributed by atoms with Crippen LogP contribution in [0.25, 0.3) is 21.3 Å². The fourth-order valence-electron chi connectivity index (χ4n) is 3.02. The van der Waals surface area contributed by atoms with Gasteiger partial charge in [-0.15, -0.1) is 23.1 Å². The number of thioether (sulfide) groups is 1. The molecule has 1 atom stereocenters. The highest BCUT2D eigenvalue weighted by atomic mass is 32.2. The van der Waals surface area contributed by atoms with Crippen LogP contribution >= 0.6 is 23.1 Å². The molecule has 166 valence electrons. The van der Waals surface area contributed by atoms with Gasteiger partial charge in [0.15, 0.2) is 0 Å². The summed E-state index contributed by atoms with van der Waals surface area (Å²) in [5, 5.41) is 5.30. The first-order chi connectivity index (χ1) is 15.0. The molecule has 1 unspecified atom stereocenters. The van der Waals surface area contributed by atoms with Crippen LogP contribution in [-0.4, -0.2) is 40.9 Å². The van der Waals surface area contributed by atoms with Crippen LogP contribution < -0.4 is 10.9 Å². The Morgan fingerprint density at radius 1 is 1.26 bits per heavy atom. The number of hydrogen-bond acceptors (Lipinski definition) is 6. The number of carbonyl (C=O) groups is 1. The van der Waals surface area contributed by atoms with Crippen LogP contribution in [-0.2, 0) is 15.3 Å². The normalized spacial score (nSPS) is 12.4. The Morgan fingerprint density at radius 3 is 2.77 bits per heavy atom. The molecule has 0 radical (unpaired) electrons. The maximum absolute atomic E-state index is 12.7. The van der Waals surface area contributed by atoms with E-state index < -0.39 is 0 Å². The number of carbonyl (C=O) groups excluding carboxylic acids is 1. The van der Waals surface area contributed by atoms with Crippen molar-refractivity contribution in [2.24, 2.45) is 5.92 Å². The zero-order valence-corrected chi connectivity index (χ0v) is 19.8.